The Morgan fingerprint density at radius 2 is 1.88 bits per heavy atom. The molecule has 1 aromatic carbocycles. The zero-order chi connectivity index (χ0) is 11.4. The van der Waals surface area contributed by atoms with Crippen molar-refractivity contribution in [3.63, 3.8) is 0 Å². The molecule has 0 atom stereocenters. The standard InChI is InChI=1S/C14H18N2/c1-3-12-6-8-13(9-7-12)15-11-14-5-4-10-16(14)2/h4-10,15H,3,11H2,1-2H3. The third-order valence-electron chi connectivity index (χ3n) is 2.89. The van der Waals surface area contributed by atoms with Gasteiger partial charge in [0.05, 0.1) is 6.54 Å². The van der Waals surface area contributed by atoms with Crippen molar-refractivity contribution < 1.29 is 0 Å². The Balaban J connectivity index is 1.97. The first-order valence-electron chi connectivity index (χ1n) is 5.72. The van der Waals surface area contributed by atoms with Gasteiger partial charge in [0.25, 0.3) is 0 Å². The maximum atomic E-state index is 3.42. The van der Waals surface area contributed by atoms with Gasteiger partial charge in [-0.3, -0.25) is 0 Å². The third kappa shape index (κ3) is 2.45. The van der Waals surface area contributed by atoms with Gasteiger partial charge in [0.15, 0.2) is 0 Å². The highest BCUT2D eigenvalue weighted by Gasteiger charge is 1.97. The van der Waals surface area contributed by atoms with Gasteiger partial charge in [0.2, 0.25) is 0 Å². The largest absolute Gasteiger partial charge is 0.379 e. The molecule has 0 aliphatic rings. The van der Waals surface area contributed by atoms with Gasteiger partial charge in [-0.25, -0.2) is 0 Å². The maximum Gasteiger partial charge on any atom is 0.0553 e. The number of aryl methyl sites for hydroxylation is 2. The molecule has 16 heavy (non-hydrogen) atoms. The van der Waals surface area contributed by atoms with Gasteiger partial charge >= 0.3 is 0 Å². The van der Waals surface area contributed by atoms with E-state index in [0.717, 1.165) is 13.0 Å². The molecule has 2 heteroatoms. The molecule has 0 fully saturated rings. The number of benzene rings is 1. The van der Waals surface area contributed by atoms with Crippen LogP contribution in [0.2, 0.25) is 0 Å². The number of hydrogen-bond donors (Lipinski definition) is 1. The first-order valence-corrected chi connectivity index (χ1v) is 5.72. The van der Waals surface area contributed by atoms with Crippen LogP contribution in [0.1, 0.15) is 18.2 Å². The van der Waals surface area contributed by atoms with Gasteiger partial charge in [-0.2, -0.15) is 0 Å². The van der Waals surface area contributed by atoms with E-state index in [1.54, 1.807) is 0 Å². The number of hydrogen-bond acceptors (Lipinski definition) is 1. The Kier molecular flexibility index (Phi) is 3.30. The number of aromatic nitrogens is 1. The predicted octanol–water partition coefficient (Wildman–Crippen LogP) is 3.20. The molecule has 1 N–H and O–H groups in total. The molecule has 1 heterocycles. The first-order chi connectivity index (χ1) is 7.79. The van der Waals surface area contributed by atoms with E-state index in [0.29, 0.717) is 0 Å². The summed E-state index contributed by atoms with van der Waals surface area (Å²) in [4.78, 5) is 0. The number of nitrogens with one attached hydrogen (secondary N) is 1. The highest BCUT2D eigenvalue weighted by atomic mass is 15.0. The van der Waals surface area contributed by atoms with Crippen LogP contribution < -0.4 is 5.32 Å². The van der Waals surface area contributed by atoms with Crippen LogP contribution >= 0.6 is 0 Å². The van der Waals surface area contributed by atoms with E-state index in [1.807, 2.05) is 0 Å². The normalized spacial score (nSPS) is 10.4. The molecule has 2 aromatic rings. The lowest BCUT2D eigenvalue weighted by Crippen LogP contribution is -2.03. The molecule has 2 nitrogen and oxygen atoms in total. The summed E-state index contributed by atoms with van der Waals surface area (Å²) in [5.41, 5.74) is 3.85. The third-order valence-corrected chi connectivity index (χ3v) is 2.89. The molecule has 0 amide bonds. The Hall–Kier alpha value is -1.70. The molecule has 2 rings (SSSR count). The zero-order valence-corrected chi connectivity index (χ0v) is 9.90. The Morgan fingerprint density at radius 3 is 2.44 bits per heavy atom. The number of rotatable bonds is 4. The molecule has 84 valence electrons. The molecule has 0 radical (unpaired) electrons. The van der Waals surface area contributed by atoms with E-state index in [-0.39, 0.29) is 0 Å². The van der Waals surface area contributed by atoms with Gasteiger partial charge in [0.1, 0.15) is 0 Å². The quantitative estimate of drug-likeness (QED) is 0.827. The van der Waals surface area contributed by atoms with E-state index in [1.165, 1.54) is 16.9 Å². The summed E-state index contributed by atoms with van der Waals surface area (Å²) >= 11 is 0. The summed E-state index contributed by atoms with van der Waals surface area (Å²) in [6, 6.07) is 12.8. The molecule has 0 unspecified atom stereocenters. The van der Waals surface area contributed by atoms with Crippen LogP contribution in [0.25, 0.3) is 0 Å². The molecule has 0 bridgehead atoms. The predicted molar refractivity (Wildman–Crippen MR) is 68.6 cm³/mol. The summed E-state index contributed by atoms with van der Waals surface area (Å²) in [5, 5.41) is 3.42. The highest BCUT2D eigenvalue weighted by Crippen LogP contribution is 2.11. The lowest BCUT2D eigenvalue weighted by atomic mass is 10.1. The van der Waals surface area contributed by atoms with Crippen LogP contribution in [0, 0.1) is 0 Å². The topological polar surface area (TPSA) is 17.0 Å². The van der Waals surface area contributed by atoms with Crippen molar-refractivity contribution in [2.45, 2.75) is 19.9 Å². The van der Waals surface area contributed by atoms with Gasteiger partial charge in [-0.1, -0.05) is 19.1 Å². The fraction of sp³-hybridized carbons (Fsp3) is 0.286. The van der Waals surface area contributed by atoms with E-state index in [9.17, 15) is 0 Å². The lowest BCUT2D eigenvalue weighted by Gasteiger charge is -2.08. The molecular weight excluding hydrogens is 196 g/mol. The molecule has 1 aromatic heterocycles. The monoisotopic (exact) mass is 214 g/mol. The average Bonchev–Trinajstić information content (AvgIpc) is 2.73. The highest BCUT2D eigenvalue weighted by molar-refractivity contribution is 5.44. The van der Waals surface area contributed by atoms with Crippen molar-refractivity contribution >= 4 is 5.69 Å². The average molecular weight is 214 g/mol. The minimum Gasteiger partial charge on any atom is -0.379 e. The molecule has 0 saturated heterocycles. The van der Waals surface area contributed by atoms with Crippen LogP contribution in [0.3, 0.4) is 0 Å². The second-order valence-corrected chi connectivity index (χ2v) is 4.01. The van der Waals surface area contributed by atoms with Crippen LogP contribution in [-0.4, -0.2) is 4.57 Å². The molecule has 0 aliphatic carbocycles. The van der Waals surface area contributed by atoms with E-state index in [2.05, 4.69) is 66.5 Å². The zero-order valence-electron chi connectivity index (χ0n) is 9.90. The number of anilines is 1. The molecule has 0 spiro atoms. The molecular formula is C14H18N2. The summed E-state index contributed by atoms with van der Waals surface area (Å²) in [6.07, 6.45) is 3.16. The summed E-state index contributed by atoms with van der Waals surface area (Å²) < 4.78 is 2.13. The van der Waals surface area contributed by atoms with E-state index < -0.39 is 0 Å². The van der Waals surface area contributed by atoms with Gasteiger partial charge in [-0.15, -0.1) is 0 Å². The van der Waals surface area contributed by atoms with Crippen LogP contribution in [0.5, 0.6) is 0 Å². The maximum absolute atomic E-state index is 3.42. The summed E-state index contributed by atoms with van der Waals surface area (Å²) in [6.45, 7) is 3.04. The van der Waals surface area contributed by atoms with Crippen LogP contribution in [-0.2, 0) is 20.0 Å². The first kappa shape index (κ1) is 10.8. The Bertz CT molecular complexity index is 440. The van der Waals surface area contributed by atoms with Crippen LogP contribution in [0.4, 0.5) is 5.69 Å². The fourth-order valence-corrected chi connectivity index (χ4v) is 1.73. The second-order valence-electron chi connectivity index (χ2n) is 4.01. The van der Waals surface area contributed by atoms with Gasteiger partial charge in [-0.05, 0) is 36.2 Å². The fourth-order valence-electron chi connectivity index (χ4n) is 1.73. The van der Waals surface area contributed by atoms with Crippen molar-refractivity contribution in [1.29, 1.82) is 0 Å². The van der Waals surface area contributed by atoms with Crippen molar-refractivity contribution in [3.05, 3.63) is 53.9 Å². The summed E-state index contributed by atoms with van der Waals surface area (Å²) in [5.74, 6) is 0. The van der Waals surface area contributed by atoms with Crippen molar-refractivity contribution in [1.82, 2.24) is 4.57 Å². The van der Waals surface area contributed by atoms with Crippen LogP contribution in [0.15, 0.2) is 42.6 Å². The van der Waals surface area contributed by atoms with Crippen molar-refractivity contribution in [2.24, 2.45) is 7.05 Å². The molecule has 0 aliphatic heterocycles. The van der Waals surface area contributed by atoms with E-state index >= 15 is 0 Å². The minimum absolute atomic E-state index is 0.870. The van der Waals surface area contributed by atoms with E-state index in [4.69, 9.17) is 0 Å². The minimum atomic E-state index is 0.870. The molecule has 0 saturated carbocycles. The SMILES string of the molecule is CCc1ccc(NCc2cccn2C)cc1. The van der Waals surface area contributed by atoms with Gasteiger partial charge < -0.3 is 9.88 Å². The van der Waals surface area contributed by atoms with Crippen molar-refractivity contribution in [2.75, 3.05) is 5.32 Å². The smallest absolute Gasteiger partial charge is 0.0553 e. The number of nitrogens with zero attached hydrogens (tertiary/aromatic N) is 1. The second kappa shape index (κ2) is 4.88. The Morgan fingerprint density at radius 1 is 1.12 bits per heavy atom. The summed E-state index contributed by atoms with van der Waals surface area (Å²) in [7, 11) is 2.07. The lowest BCUT2D eigenvalue weighted by molar-refractivity contribution is 0.842. The Labute approximate surface area is 96.9 Å². The van der Waals surface area contributed by atoms with Gasteiger partial charge in [0, 0.05) is 24.6 Å². The van der Waals surface area contributed by atoms with Crippen molar-refractivity contribution in [3.8, 4) is 0 Å².